The molecule has 2 N–H and O–H groups in total. The molecule has 0 heterocycles. The largest absolute Gasteiger partial charge is 0.464 e. The van der Waals surface area contributed by atoms with Crippen molar-refractivity contribution < 1.29 is 14.3 Å². The van der Waals surface area contributed by atoms with E-state index in [0.29, 0.717) is 5.75 Å². The van der Waals surface area contributed by atoms with Gasteiger partial charge >= 0.3 is 12.0 Å². The molecule has 1 unspecified atom stereocenters. The molecule has 0 aromatic heterocycles. The molecule has 0 aliphatic carbocycles. The first-order valence-electron chi connectivity index (χ1n) is 9.07. The number of hydrogen-bond acceptors (Lipinski definition) is 4. The van der Waals surface area contributed by atoms with Crippen LogP contribution in [0.4, 0.5) is 10.5 Å². The van der Waals surface area contributed by atoms with Crippen LogP contribution >= 0.6 is 11.8 Å². The van der Waals surface area contributed by atoms with Crippen LogP contribution in [0.3, 0.4) is 0 Å². The van der Waals surface area contributed by atoms with Crippen LogP contribution in [0.5, 0.6) is 0 Å². The number of hydrogen-bond donors (Lipinski definition) is 2. The predicted octanol–water partition coefficient (Wildman–Crippen LogP) is 4.24. The maximum absolute atomic E-state index is 12.4. The summed E-state index contributed by atoms with van der Waals surface area (Å²) in [6, 6.07) is 16.5. The minimum atomic E-state index is -0.701. The van der Waals surface area contributed by atoms with Gasteiger partial charge in [0.25, 0.3) is 0 Å². The number of anilines is 1. The Labute approximate surface area is 164 Å². The Kier molecular flexibility index (Phi) is 8.71. The fourth-order valence-electron chi connectivity index (χ4n) is 2.55. The molecule has 27 heavy (non-hydrogen) atoms. The standard InChI is InChI=1S/C21H26N2O3S/c1-3-17-12-8-9-13-18(17)22-21(25)23-19(20(24)26-4-2)15-27-14-16-10-6-5-7-11-16/h5-13,19H,3-4,14-15H2,1-2H3,(H2,22,23,25). The van der Waals surface area contributed by atoms with Crippen molar-refractivity contribution in [3.63, 3.8) is 0 Å². The number of carbonyl (C=O) groups is 2. The lowest BCUT2D eigenvalue weighted by Crippen LogP contribution is -2.45. The van der Waals surface area contributed by atoms with Crippen molar-refractivity contribution in [3.05, 3.63) is 65.7 Å². The highest BCUT2D eigenvalue weighted by atomic mass is 32.2. The van der Waals surface area contributed by atoms with E-state index < -0.39 is 18.0 Å². The van der Waals surface area contributed by atoms with Crippen LogP contribution in [0, 0.1) is 0 Å². The highest BCUT2D eigenvalue weighted by Crippen LogP contribution is 2.16. The Balaban J connectivity index is 1.94. The van der Waals surface area contributed by atoms with Crippen LogP contribution in [-0.4, -0.2) is 30.4 Å². The first kappa shape index (κ1) is 20.8. The minimum absolute atomic E-state index is 0.278. The minimum Gasteiger partial charge on any atom is -0.464 e. The molecule has 2 aromatic carbocycles. The number of rotatable bonds is 9. The van der Waals surface area contributed by atoms with Gasteiger partial charge in [0.15, 0.2) is 0 Å². The van der Waals surface area contributed by atoms with E-state index in [1.807, 2.05) is 61.5 Å². The summed E-state index contributed by atoms with van der Waals surface area (Å²) in [7, 11) is 0. The molecule has 0 radical (unpaired) electrons. The molecule has 0 aliphatic heterocycles. The molecular weight excluding hydrogens is 360 g/mol. The first-order chi connectivity index (χ1) is 13.1. The molecule has 5 nitrogen and oxygen atoms in total. The van der Waals surface area contributed by atoms with E-state index in [0.717, 1.165) is 23.4 Å². The summed E-state index contributed by atoms with van der Waals surface area (Å²) in [4.78, 5) is 24.6. The lowest BCUT2D eigenvalue weighted by molar-refractivity contribution is -0.144. The van der Waals surface area contributed by atoms with Crippen LogP contribution in [0.25, 0.3) is 0 Å². The molecule has 2 rings (SSSR count). The third kappa shape index (κ3) is 6.98. The van der Waals surface area contributed by atoms with Crippen LogP contribution in [-0.2, 0) is 21.7 Å². The van der Waals surface area contributed by atoms with Gasteiger partial charge in [0.1, 0.15) is 6.04 Å². The highest BCUT2D eigenvalue weighted by molar-refractivity contribution is 7.98. The van der Waals surface area contributed by atoms with Gasteiger partial charge in [0, 0.05) is 17.2 Å². The maximum atomic E-state index is 12.4. The average Bonchev–Trinajstić information content (AvgIpc) is 2.68. The van der Waals surface area contributed by atoms with Gasteiger partial charge in [0.05, 0.1) is 6.61 Å². The number of ether oxygens (including phenoxy) is 1. The Morgan fingerprint density at radius 2 is 1.74 bits per heavy atom. The van der Waals surface area contributed by atoms with E-state index in [2.05, 4.69) is 10.6 Å². The fourth-order valence-corrected chi connectivity index (χ4v) is 3.55. The second-order valence-electron chi connectivity index (χ2n) is 5.91. The molecule has 2 aromatic rings. The van der Waals surface area contributed by atoms with E-state index in [1.54, 1.807) is 18.7 Å². The predicted molar refractivity (Wildman–Crippen MR) is 111 cm³/mol. The quantitative estimate of drug-likeness (QED) is 0.633. The monoisotopic (exact) mass is 386 g/mol. The summed E-state index contributed by atoms with van der Waals surface area (Å²) in [6.07, 6.45) is 0.810. The lowest BCUT2D eigenvalue weighted by Gasteiger charge is -2.18. The normalized spacial score (nSPS) is 11.5. The number of nitrogens with one attached hydrogen (secondary N) is 2. The van der Waals surface area contributed by atoms with Crippen molar-refractivity contribution >= 4 is 29.4 Å². The molecule has 0 fully saturated rings. The van der Waals surface area contributed by atoms with Gasteiger partial charge in [-0.25, -0.2) is 9.59 Å². The number of urea groups is 1. The summed E-state index contributed by atoms with van der Waals surface area (Å²) in [6.45, 7) is 4.06. The van der Waals surface area contributed by atoms with E-state index >= 15 is 0 Å². The zero-order chi connectivity index (χ0) is 19.5. The number of carbonyl (C=O) groups excluding carboxylic acids is 2. The average molecular weight is 387 g/mol. The highest BCUT2D eigenvalue weighted by Gasteiger charge is 2.22. The Hall–Kier alpha value is -2.47. The summed E-state index contributed by atoms with van der Waals surface area (Å²) in [5.41, 5.74) is 2.96. The van der Waals surface area contributed by atoms with Gasteiger partial charge in [-0.05, 0) is 30.5 Å². The number of amides is 2. The van der Waals surface area contributed by atoms with Gasteiger partial charge in [-0.3, -0.25) is 0 Å². The fraction of sp³-hybridized carbons (Fsp3) is 0.333. The summed E-state index contributed by atoms with van der Waals surface area (Å²) in [5, 5.41) is 5.57. The van der Waals surface area contributed by atoms with E-state index in [1.165, 1.54) is 5.56 Å². The van der Waals surface area contributed by atoms with E-state index in [9.17, 15) is 9.59 Å². The van der Waals surface area contributed by atoms with Gasteiger partial charge in [-0.2, -0.15) is 11.8 Å². The van der Waals surface area contributed by atoms with Crippen LogP contribution in [0.2, 0.25) is 0 Å². The molecule has 144 valence electrons. The Morgan fingerprint density at radius 3 is 2.44 bits per heavy atom. The molecule has 0 saturated carbocycles. The number of aryl methyl sites for hydroxylation is 1. The zero-order valence-electron chi connectivity index (χ0n) is 15.7. The van der Waals surface area contributed by atoms with Crippen molar-refractivity contribution in [1.29, 1.82) is 0 Å². The van der Waals surface area contributed by atoms with Crippen molar-refractivity contribution in [3.8, 4) is 0 Å². The lowest BCUT2D eigenvalue weighted by atomic mass is 10.1. The molecular formula is C21H26N2O3S. The summed E-state index contributed by atoms with van der Waals surface area (Å²) in [5.74, 6) is 0.784. The summed E-state index contributed by atoms with van der Waals surface area (Å²) >= 11 is 1.58. The molecule has 0 spiro atoms. The van der Waals surface area contributed by atoms with Crippen molar-refractivity contribution in [1.82, 2.24) is 5.32 Å². The number of para-hydroxylation sites is 1. The van der Waals surface area contributed by atoms with Gasteiger partial charge in [0.2, 0.25) is 0 Å². The van der Waals surface area contributed by atoms with Crippen molar-refractivity contribution in [2.24, 2.45) is 0 Å². The molecule has 0 aliphatic rings. The molecule has 6 heteroatoms. The smallest absolute Gasteiger partial charge is 0.329 e. The van der Waals surface area contributed by atoms with Crippen LogP contribution in [0.15, 0.2) is 54.6 Å². The number of benzene rings is 2. The first-order valence-corrected chi connectivity index (χ1v) is 10.2. The third-order valence-corrected chi connectivity index (χ3v) is 5.03. The third-order valence-electron chi connectivity index (χ3n) is 3.92. The number of thioether (sulfide) groups is 1. The van der Waals surface area contributed by atoms with E-state index in [-0.39, 0.29) is 6.61 Å². The van der Waals surface area contributed by atoms with Crippen LogP contribution < -0.4 is 10.6 Å². The zero-order valence-corrected chi connectivity index (χ0v) is 16.6. The van der Waals surface area contributed by atoms with Crippen molar-refractivity contribution in [2.45, 2.75) is 32.1 Å². The topological polar surface area (TPSA) is 67.4 Å². The SMILES string of the molecule is CCOC(=O)C(CSCc1ccccc1)NC(=O)Nc1ccccc1CC. The van der Waals surface area contributed by atoms with Gasteiger partial charge in [-0.1, -0.05) is 55.5 Å². The molecule has 1 atom stereocenters. The molecule has 0 bridgehead atoms. The second-order valence-corrected chi connectivity index (χ2v) is 6.94. The Bertz CT molecular complexity index is 737. The number of esters is 1. The van der Waals surface area contributed by atoms with Gasteiger partial charge < -0.3 is 15.4 Å². The molecule has 2 amide bonds. The Morgan fingerprint density at radius 1 is 1.04 bits per heavy atom. The maximum Gasteiger partial charge on any atom is 0.329 e. The second kappa shape index (κ2) is 11.3. The summed E-state index contributed by atoms with van der Waals surface area (Å²) < 4.78 is 5.11. The van der Waals surface area contributed by atoms with Crippen LogP contribution in [0.1, 0.15) is 25.0 Å². The van der Waals surface area contributed by atoms with Crippen molar-refractivity contribution in [2.75, 3.05) is 17.7 Å². The molecule has 0 saturated heterocycles. The van der Waals surface area contributed by atoms with E-state index in [4.69, 9.17) is 4.74 Å². The van der Waals surface area contributed by atoms with Gasteiger partial charge in [-0.15, -0.1) is 0 Å².